The normalized spacial score (nSPS) is 14.6. The van der Waals surface area contributed by atoms with E-state index < -0.39 is 20.1 Å². The van der Waals surface area contributed by atoms with Gasteiger partial charge in [-0.3, -0.25) is 0 Å². The van der Waals surface area contributed by atoms with E-state index in [4.69, 9.17) is 53.9 Å². The van der Waals surface area contributed by atoms with Crippen LogP contribution in [-0.4, -0.2) is 4.30 Å². The second-order valence-electron chi connectivity index (χ2n) is 8.59. The fourth-order valence-corrected chi connectivity index (χ4v) is 8.84. The molecule has 0 spiro atoms. The summed E-state index contributed by atoms with van der Waals surface area (Å²) < 4.78 is -0.750. The molecule has 0 N–H and O–H groups in total. The number of hydrogen-bond acceptors (Lipinski definition) is 0. The molecular formula is C35H29Cl5FeP2Pd. The molecule has 0 aromatic heterocycles. The molecule has 0 nitrogen and oxygen atoms in total. The van der Waals surface area contributed by atoms with Gasteiger partial charge in [-0.15, -0.1) is 0 Å². The quantitative estimate of drug-likeness (QED) is 0.103. The molecule has 232 valence electrons. The number of rotatable bonds is 6. The molecule has 2 aliphatic rings. The summed E-state index contributed by atoms with van der Waals surface area (Å²) in [5.41, 5.74) is 2.84. The molecule has 44 heavy (non-hydrogen) atoms. The maximum atomic E-state index is 4.81. The van der Waals surface area contributed by atoms with E-state index >= 15 is 0 Å². The summed E-state index contributed by atoms with van der Waals surface area (Å²) in [5, 5.41) is 5.63. The minimum atomic E-state index is -0.750. The van der Waals surface area contributed by atoms with E-state index in [0.717, 1.165) is 0 Å². The van der Waals surface area contributed by atoms with Gasteiger partial charge in [0.2, 0.25) is 0 Å². The van der Waals surface area contributed by atoms with E-state index in [1.54, 1.807) is 0 Å². The Labute approximate surface area is 309 Å². The monoisotopic (exact) mass is 848 g/mol. The number of hydrogen-bond donors (Lipinski definition) is 0. The first-order valence-corrected chi connectivity index (χ1v) is 21.0. The molecule has 0 unspecified atom stereocenters. The van der Waals surface area contributed by atoms with Crippen molar-refractivity contribution < 1.29 is 33.0 Å². The maximum Gasteiger partial charge on any atom is 0 e. The van der Waals surface area contributed by atoms with Crippen molar-refractivity contribution in [1.29, 1.82) is 0 Å². The summed E-state index contributed by atoms with van der Waals surface area (Å²) in [7, 11) is 8.81. The van der Waals surface area contributed by atoms with E-state index in [9.17, 15) is 0 Å². The van der Waals surface area contributed by atoms with Gasteiger partial charge in [0.15, 0.2) is 4.30 Å². The summed E-state index contributed by atoms with van der Waals surface area (Å²) in [4.78, 5) is 0. The van der Waals surface area contributed by atoms with E-state index in [1.807, 2.05) is 0 Å². The molecule has 2 aliphatic carbocycles. The molecule has 2 fully saturated rings. The van der Waals surface area contributed by atoms with Crippen LogP contribution in [0.25, 0.3) is 0 Å². The van der Waals surface area contributed by atoms with Gasteiger partial charge < -0.3 is 0 Å². The molecule has 4 aromatic carbocycles. The van der Waals surface area contributed by atoms with Crippen molar-refractivity contribution in [3.05, 3.63) is 184 Å². The van der Waals surface area contributed by atoms with Crippen LogP contribution in [0.4, 0.5) is 0 Å². The van der Waals surface area contributed by atoms with Crippen LogP contribution in [0.3, 0.4) is 0 Å². The van der Waals surface area contributed by atoms with Crippen LogP contribution in [-0.2, 0) is 33.0 Å². The largest absolute Gasteiger partial charge is 0 e. The van der Waals surface area contributed by atoms with E-state index in [1.165, 1.54) is 32.5 Å². The van der Waals surface area contributed by atoms with E-state index in [0.29, 0.717) is 0 Å². The molecule has 0 atom stereocenters. The maximum absolute atomic E-state index is 4.81. The predicted octanol–water partition coefficient (Wildman–Crippen LogP) is 10.3. The van der Waals surface area contributed by atoms with Crippen LogP contribution >= 0.6 is 69.7 Å². The minimum absolute atomic E-state index is 0. The van der Waals surface area contributed by atoms with E-state index in [-0.39, 0.29) is 33.0 Å². The van der Waals surface area contributed by atoms with Crippen molar-refractivity contribution in [2.75, 3.05) is 0 Å². The molecular weight excluding hydrogens is 822 g/mol. The SMILES string of the molecule is ClC(Cl)Cl.[CH]1[CH][CH][C](P(c2ccccc2)c2ccccc2)[CH]1.[CH]1[CH][CH][C](P(c2ccccc2)c2ccccc2)[CH]1.[Cl][Pd][Cl].[Fe]. The molecule has 9 heteroatoms. The number of benzene rings is 4. The van der Waals surface area contributed by atoms with Crippen molar-refractivity contribution in [2.24, 2.45) is 0 Å². The van der Waals surface area contributed by atoms with Gasteiger partial charge in [-0.05, 0) is 88.4 Å². The van der Waals surface area contributed by atoms with Gasteiger partial charge >= 0.3 is 35.0 Å². The Hall–Kier alpha value is 0.372. The zero-order valence-electron chi connectivity index (χ0n) is 23.2. The Morgan fingerprint density at radius 3 is 0.773 bits per heavy atom. The first kappa shape index (κ1) is 40.5. The molecule has 0 saturated heterocycles. The van der Waals surface area contributed by atoms with Crippen molar-refractivity contribution >= 4 is 90.9 Å². The summed E-state index contributed by atoms with van der Waals surface area (Å²) in [6.07, 6.45) is 17.4. The first-order chi connectivity index (χ1) is 21.0. The molecule has 0 aliphatic heterocycles. The van der Waals surface area contributed by atoms with Crippen LogP contribution in [0.1, 0.15) is 0 Å². The van der Waals surface area contributed by atoms with Gasteiger partial charge in [0, 0.05) is 28.4 Å². The van der Waals surface area contributed by atoms with Gasteiger partial charge in [-0.25, -0.2) is 0 Å². The Morgan fingerprint density at radius 1 is 0.409 bits per heavy atom. The summed E-state index contributed by atoms with van der Waals surface area (Å²) in [6, 6.07) is 43.1. The second-order valence-corrected chi connectivity index (χ2v) is 17.4. The van der Waals surface area contributed by atoms with Crippen LogP contribution in [0.15, 0.2) is 121 Å². The molecule has 0 amide bonds. The Kier molecular flexibility index (Phi) is 22.6. The molecule has 6 rings (SSSR count). The molecule has 4 aromatic rings. The van der Waals surface area contributed by atoms with Gasteiger partial charge in [-0.2, -0.15) is 0 Å². The fraction of sp³-hybridized carbons (Fsp3) is 0.0286. The molecule has 0 heterocycles. The topological polar surface area (TPSA) is 0 Å². The summed E-state index contributed by atoms with van der Waals surface area (Å²) in [6.45, 7) is 0. The minimum Gasteiger partial charge on any atom is 0 e. The van der Waals surface area contributed by atoms with Crippen molar-refractivity contribution in [1.82, 2.24) is 0 Å². The van der Waals surface area contributed by atoms with Gasteiger partial charge in [0.05, 0.1) is 0 Å². The number of alkyl halides is 3. The third-order valence-corrected chi connectivity index (χ3v) is 10.8. The Balaban J connectivity index is 0.000000249. The molecule has 2 saturated carbocycles. The van der Waals surface area contributed by atoms with Crippen LogP contribution < -0.4 is 21.2 Å². The van der Waals surface area contributed by atoms with Gasteiger partial charge in [0.25, 0.3) is 0 Å². The first-order valence-electron chi connectivity index (χ1n) is 13.0. The zero-order chi connectivity index (χ0) is 30.7. The fourth-order valence-electron chi connectivity index (χ4n) is 4.23. The summed E-state index contributed by atoms with van der Waals surface area (Å²) in [5.74, 6) is 0. The number of halogens is 5. The van der Waals surface area contributed by atoms with Crippen molar-refractivity contribution in [3.8, 4) is 0 Å². The van der Waals surface area contributed by atoms with Gasteiger partial charge in [0.1, 0.15) is 0 Å². The third kappa shape index (κ3) is 14.6. The Bertz CT molecular complexity index is 1050. The standard InChI is InChI=1S/2C17H14P.CHCl3.2ClH.Fe.Pd/c2*1-3-9-15(10-4-1)18(17-13-7-8-14-17)16-11-5-2-6-12-16;2-1(3)4;;;;/h2*1-14H;1H;2*1H;;/q;;;;;;+2/p-2. The predicted molar refractivity (Wildman–Crippen MR) is 192 cm³/mol. The average Bonchev–Trinajstić information content (AvgIpc) is 3.76. The van der Waals surface area contributed by atoms with E-state index in [2.05, 4.69) is 173 Å². The zero-order valence-corrected chi connectivity index (χ0v) is 31.4. The van der Waals surface area contributed by atoms with Crippen molar-refractivity contribution in [2.45, 2.75) is 4.30 Å². The molecule has 10 radical (unpaired) electrons. The molecule has 0 bridgehead atoms. The second kappa shape index (κ2) is 24.5. The van der Waals surface area contributed by atoms with Crippen LogP contribution in [0.2, 0.25) is 0 Å². The average molecular weight is 851 g/mol. The summed E-state index contributed by atoms with van der Waals surface area (Å²) >= 11 is 14.3. The van der Waals surface area contributed by atoms with Crippen LogP contribution in [0, 0.1) is 62.7 Å². The Morgan fingerprint density at radius 2 is 0.591 bits per heavy atom. The van der Waals surface area contributed by atoms with Crippen LogP contribution in [0.5, 0.6) is 0 Å². The smallest absolute Gasteiger partial charge is 0 e. The van der Waals surface area contributed by atoms with Gasteiger partial charge in [-0.1, -0.05) is 156 Å². The van der Waals surface area contributed by atoms with Crippen molar-refractivity contribution in [3.63, 3.8) is 0 Å². The third-order valence-electron chi connectivity index (χ3n) is 5.86.